The van der Waals surface area contributed by atoms with Gasteiger partial charge in [0.05, 0.1) is 26.4 Å². The van der Waals surface area contributed by atoms with E-state index >= 15 is 0 Å². The molecule has 0 spiro atoms. The van der Waals surface area contributed by atoms with Crippen molar-refractivity contribution in [1.29, 1.82) is 0 Å². The molecule has 1 unspecified atom stereocenters. The van der Waals surface area contributed by atoms with Crippen molar-refractivity contribution in [2.75, 3.05) is 13.7 Å². The van der Waals surface area contributed by atoms with Gasteiger partial charge in [0.2, 0.25) is 0 Å². The van der Waals surface area contributed by atoms with E-state index in [-0.39, 0.29) is 0 Å². The van der Waals surface area contributed by atoms with Crippen molar-refractivity contribution in [3.05, 3.63) is 42.0 Å². The molecular weight excluding hydrogens is 204 g/mol. The third-order valence-electron chi connectivity index (χ3n) is 2.06. The second-order valence-corrected chi connectivity index (χ2v) is 3.53. The highest BCUT2D eigenvalue weighted by Gasteiger charge is 1.93. The summed E-state index contributed by atoms with van der Waals surface area (Å²) in [6, 6.07) is 7.75. The van der Waals surface area contributed by atoms with Crippen molar-refractivity contribution in [3.63, 3.8) is 0 Å². The molecule has 0 radical (unpaired) electrons. The number of ether oxygens (including phenoxy) is 2. The predicted octanol–water partition coefficient (Wildman–Crippen LogP) is 2.15. The lowest BCUT2D eigenvalue weighted by Crippen LogP contribution is -1.96. The van der Waals surface area contributed by atoms with Gasteiger partial charge in [0.15, 0.2) is 0 Å². The summed E-state index contributed by atoms with van der Waals surface area (Å²) in [5.41, 5.74) is 1.10. The fourth-order valence-corrected chi connectivity index (χ4v) is 1.22. The molecule has 88 valence electrons. The number of hydrogen-bond donors (Lipinski definition) is 1. The van der Waals surface area contributed by atoms with Crippen LogP contribution >= 0.6 is 0 Å². The van der Waals surface area contributed by atoms with Crippen LogP contribution in [0, 0.1) is 0 Å². The first-order valence-corrected chi connectivity index (χ1v) is 5.28. The first kappa shape index (κ1) is 12.7. The number of aliphatic hydroxyl groups excluding tert-OH is 1. The molecule has 0 amide bonds. The van der Waals surface area contributed by atoms with Gasteiger partial charge in [-0.3, -0.25) is 0 Å². The Labute approximate surface area is 96.3 Å². The Morgan fingerprint density at radius 2 is 2.00 bits per heavy atom. The normalized spacial score (nSPS) is 12.9. The van der Waals surface area contributed by atoms with Crippen molar-refractivity contribution in [2.24, 2.45) is 0 Å². The summed E-state index contributed by atoms with van der Waals surface area (Å²) >= 11 is 0. The van der Waals surface area contributed by atoms with E-state index in [1.54, 1.807) is 20.1 Å². The van der Waals surface area contributed by atoms with Gasteiger partial charge in [0.1, 0.15) is 5.75 Å². The average molecular weight is 222 g/mol. The minimum atomic E-state index is -0.412. The average Bonchev–Trinajstić information content (AvgIpc) is 2.29. The van der Waals surface area contributed by atoms with Gasteiger partial charge in [-0.25, -0.2) is 0 Å². The summed E-state index contributed by atoms with van der Waals surface area (Å²) in [5.74, 6) is 0.845. The molecule has 0 bridgehead atoms. The first-order valence-electron chi connectivity index (χ1n) is 5.28. The molecule has 0 saturated heterocycles. The molecule has 0 aliphatic carbocycles. The number of benzene rings is 1. The molecule has 0 heterocycles. The fraction of sp³-hybridized carbons (Fsp3) is 0.385. The molecule has 0 saturated carbocycles. The Morgan fingerprint density at radius 1 is 1.31 bits per heavy atom. The second kappa shape index (κ2) is 7.04. The molecule has 1 rings (SSSR count). The highest BCUT2D eigenvalue weighted by molar-refractivity contribution is 5.26. The molecule has 1 N–H and O–H groups in total. The van der Waals surface area contributed by atoms with Gasteiger partial charge in [0.25, 0.3) is 0 Å². The third-order valence-corrected chi connectivity index (χ3v) is 2.06. The van der Waals surface area contributed by atoms with Crippen LogP contribution < -0.4 is 4.74 Å². The summed E-state index contributed by atoms with van der Waals surface area (Å²) in [6.07, 6.45) is 3.10. The van der Waals surface area contributed by atoms with Crippen LogP contribution in [0.1, 0.15) is 12.5 Å². The molecule has 1 aromatic rings. The van der Waals surface area contributed by atoms with Gasteiger partial charge in [-0.05, 0) is 24.6 Å². The predicted molar refractivity (Wildman–Crippen MR) is 63.5 cm³/mol. The van der Waals surface area contributed by atoms with E-state index in [4.69, 9.17) is 14.6 Å². The van der Waals surface area contributed by atoms with Gasteiger partial charge < -0.3 is 14.6 Å². The molecule has 0 aliphatic rings. The van der Waals surface area contributed by atoms with Gasteiger partial charge in [0, 0.05) is 0 Å². The van der Waals surface area contributed by atoms with Gasteiger partial charge >= 0.3 is 0 Å². The Morgan fingerprint density at radius 3 is 2.56 bits per heavy atom. The molecule has 1 aromatic carbocycles. The first-order chi connectivity index (χ1) is 7.72. The quantitative estimate of drug-likeness (QED) is 0.592. The van der Waals surface area contributed by atoms with Crippen LogP contribution in [0.25, 0.3) is 0 Å². The van der Waals surface area contributed by atoms with Crippen LogP contribution in [0.2, 0.25) is 0 Å². The Kier molecular flexibility index (Phi) is 5.61. The maximum absolute atomic E-state index is 8.97. The van der Waals surface area contributed by atoms with Crippen molar-refractivity contribution in [3.8, 4) is 5.75 Å². The van der Waals surface area contributed by atoms with E-state index in [0.717, 1.165) is 11.3 Å². The molecule has 1 atom stereocenters. The largest absolute Gasteiger partial charge is 0.497 e. The molecular formula is C13H18O3. The minimum Gasteiger partial charge on any atom is -0.497 e. The third kappa shape index (κ3) is 4.96. The molecule has 0 fully saturated rings. The number of methoxy groups -OCH3 is 1. The number of hydrogen-bond acceptors (Lipinski definition) is 3. The van der Waals surface area contributed by atoms with Crippen LogP contribution in [0.4, 0.5) is 0 Å². The topological polar surface area (TPSA) is 38.7 Å². The van der Waals surface area contributed by atoms with Crippen LogP contribution in [0.15, 0.2) is 36.4 Å². The van der Waals surface area contributed by atoms with E-state index in [0.29, 0.717) is 13.2 Å². The van der Waals surface area contributed by atoms with Crippen LogP contribution in [0.5, 0.6) is 5.75 Å². The van der Waals surface area contributed by atoms with Crippen molar-refractivity contribution >= 4 is 0 Å². The van der Waals surface area contributed by atoms with Crippen LogP contribution in [0.3, 0.4) is 0 Å². The summed E-state index contributed by atoms with van der Waals surface area (Å²) in [7, 11) is 1.65. The zero-order valence-corrected chi connectivity index (χ0v) is 9.72. The summed E-state index contributed by atoms with van der Waals surface area (Å²) < 4.78 is 10.5. The van der Waals surface area contributed by atoms with Crippen molar-refractivity contribution in [2.45, 2.75) is 19.6 Å². The standard InChI is InChI=1S/C13H18O3/c1-11(14)4-3-9-16-10-12-5-7-13(15-2)8-6-12/h3-8,11,14H,9-10H2,1-2H3/b4-3-. The zero-order valence-electron chi connectivity index (χ0n) is 9.72. The minimum absolute atomic E-state index is 0.412. The monoisotopic (exact) mass is 222 g/mol. The Hall–Kier alpha value is -1.32. The zero-order chi connectivity index (χ0) is 11.8. The molecule has 16 heavy (non-hydrogen) atoms. The van der Waals surface area contributed by atoms with Gasteiger partial charge in [-0.15, -0.1) is 0 Å². The smallest absolute Gasteiger partial charge is 0.118 e. The van der Waals surface area contributed by atoms with E-state index in [9.17, 15) is 0 Å². The van der Waals surface area contributed by atoms with E-state index in [2.05, 4.69) is 0 Å². The highest BCUT2D eigenvalue weighted by atomic mass is 16.5. The van der Waals surface area contributed by atoms with E-state index in [1.165, 1.54) is 0 Å². The summed E-state index contributed by atoms with van der Waals surface area (Å²) in [5, 5.41) is 8.97. The molecule has 0 aliphatic heterocycles. The lowest BCUT2D eigenvalue weighted by atomic mass is 10.2. The van der Waals surface area contributed by atoms with E-state index < -0.39 is 6.10 Å². The number of rotatable bonds is 6. The van der Waals surface area contributed by atoms with E-state index in [1.807, 2.05) is 30.3 Å². The Bertz CT molecular complexity index is 314. The SMILES string of the molecule is COc1ccc(COC/C=C\C(C)O)cc1. The lowest BCUT2D eigenvalue weighted by Gasteiger charge is -2.03. The lowest BCUT2D eigenvalue weighted by molar-refractivity contribution is 0.147. The maximum Gasteiger partial charge on any atom is 0.118 e. The van der Waals surface area contributed by atoms with Crippen molar-refractivity contribution < 1.29 is 14.6 Å². The van der Waals surface area contributed by atoms with Gasteiger partial charge in [-0.2, -0.15) is 0 Å². The molecule has 0 aromatic heterocycles. The maximum atomic E-state index is 8.97. The van der Waals surface area contributed by atoms with Crippen LogP contribution in [-0.2, 0) is 11.3 Å². The molecule has 3 nitrogen and oxygen atoms in total. The second-order valence-electron chi connectivity index (χ2n) is 3.53. The fourth-order valence-electron chi connectivity index (χ4n) is 1.22. The van der Waals surface area contributed by atoms with Gasteiger partial charge in [-0.1, -0.05) is 24.3 Å². The van der Waals surface area contributed by atoms with Crippen molar-refractivity contribution in [1.82, 2.24) is 0 Å². The summed E-state index contributed by atoms with van der Waals surface area (Å²) in [6.45, 7) is 2.78. The van der Waals surface area contributed by atoms with Crippen LogP contribution in [-0.4, -0.2) is 24.9 Å². The highest BCUT2D eigenvalue weighted by Crippen LogP contribution is 2.11. The number of aliphatic hydroxyl groups is 1. The summed E-state index contributed by atoms with van der Waals surface area (Å²) in [4.78, 5) is 0. The molecule has 3 heteroatoms. The Balaban J connectivity index is 2.26.